The zero-order valence-corrected chi connectivity index (χ0v) is 30.2. The van der Waals surface area contributed by atoms with Gasteiger partial charge in [0.1, 0.15) is 5.69 Å². The zero-order valence-electron chi connectivity index (χ0n) is 30.2. The third kappa shape index (κ3) is 5.29. The Morgan fingerprint density at radius 1 is 0.393 bits per heavy atom. The van der Waals surface area contributed by atoms with Crippen molar-refractivity contribution in [3.63, 3.8) is 0 Å². The number of fused-ring (bicyclic) bond motifs is 7. The topological polar surface area (TPSA) is 56.7 Å². The van der Waals surface area contributed by atoms with Crippen LogP contribution in [-0.4, -0.2) is 19.5 Å². The molecule has 0 radical (unpaired) electrons. The van der Waals surface area contributed by atoms with Gasteiger partial charge in [0.2, 0.25) is 5.71 Å². The van der Waals surface area contributed by atoms with Crippen molar-refractivity contribution >= 4 is 43.9 Å². The number of rotatable bonds is 6. The van der Waals surface area contributed by atoms with E-state index >= 15 is 0 Å². The van der Waals surface area contributed by atoms with E-state index < -0.39 is 0 Å². The highest BCUT2D eigenvalue weighted by Gasteiger charge is 2.24. The summed E-state index contributed by atoms with van der Waals surface area (Å²) in [7, 11) is 0. The molecule has 0 bridgehead atoms. The zero-order chi connectivity index (χ0) is 37.0. The number of nitrogens with zero attached hydrogens (tertiary/aromatic N) is 4. The molecule has 0 aliphatic carbocycles. The van der Waals surface area contributed by atoms with Gasteiger partial charge >= 0.3 is 0 Å². The van der Waals surface area contributed by atoms with Gasteiger partial charge in [0.05, 0.1) is 27.8 Å². The van der Waals surface area contributed by atoms with Crippen molar-refractivity contribution in [2.24, 2.45) is 0 Å². The SMILES string of the molecule is c1ccc(-c2cc(-c3cccc(-c4ccc(-n5c6ccccc6c6c7c(oc65)c(-c5ccccc5)nc5ccccc57)cc4)c3)nc(-c3ccccc3)n2)cc1. The molecule has 0 aliphatic heterocycles. The molecule has 56 heavy (non-hydrogen) atoms. The van der Waals surface area contributed by atoms with E-state index in [1.54, 1.807) is 0 Å². The maximum atomic E-state index is 6.97. The van der Waals surface area contributed by atoms with Crippen LogP contribution in [-0.2, 0) is 0 Å². The summed E-state index contributed by atoms with van der Waals surface area (Å²) >= 11 is 0. The van der Waals surface area contributed by atoms with Crippen molar-refractivity contribution in [1.29, 1.82) is 0 Å². The van der Waals surface area contributed by atoms with Crippen LogP contribution in [0.1, 0.15) is 0 Å². The van der Waals surface area contributed by atoms with Crippen LogP contribution in [0.25, 0.3) is 106 Å². The number of benzene rings is 7. The molecule has 4 aromatic heterocycles. The Hall–Kier alpha value is -7.63. The second kappa shape index (κ2) is 13.0. The van der Waals surface area contributed by atoms with E-state index in [1.807, 2.05) is 60.7 Å². The van der Waals surface area contributed by atoms with Gasteiger partial charge in [0.15, 0.2) is 11.4 Å². The van der Waals surface area contributed by atoms with Gasteiger partial charge in [-0.05, 0) is 47.5 Å². The fourth-order valence-corrected chi connectivity index (χ4v) is 7.97. The summed E-state index contributed by atoms with van der Waals surface area (Å²) in [5.74, 6) is 0.701. The van der Waals surface area contributed by atoms with Gasteiger partial charge in [-0.1, -0.05) is 158 Å². The minimum Gasteiger partial charge on any atom is -0.437 e. The molecule has 7 aromatic carbocycles. The second-order valence-electron chi connectivity index (χ2n) is 14.0. The molecule has 11 rings (SSSR count). The lowest BCUT2D eigenvalue weighted by Crippen LogP contribution is -1.96. The van der Waals surface area contributed by atoms with Crippen molar-refractivity contribution < 1.29 is 4.42 Å². The van der Waals surface area contributed by atoms with Crippen LogP contribution < -0.4 is 0 Å². The van der Waals surface area contributed by atoms with Gasteiger partial charge in [0, 0.05) is 44.1 Å². The molecule has 0 spiro atoms. The van der Waals surface area contributed by atoms with Gasteiger partial charge in [-0.25, -0.2) is 15.0 Å². The number of furan rings is 1. The Morgan fingerprint density at radius 2 is 0.982 bits per heavy atom. The lowest BCUT2D eigenvalue weighted by Gasteiger charge is -2.11. The lowest BCUT2D eigenvalue weighted by molar-refractivity contribution is 0.645. The van der Waals surface area contributed by atoms with E-state index in [-0.39, 0.29) is 0 Å². The van der Waals surface area contributed by atoms with Crippen molar-refractivity contribution in [1.82, 2.24) is 19.5 Å². The predicted molar refractivity (Wildman–Crippen MR) is 229 cm³/mol. The van der Waals surface area contributed by atoms with Crippen LogP contribution in [0.4, 0.5) is 0 Å². The normalized spacial score (nSPS) is 11.6. The third-order valence-electron chi connectivity index (χ3n) is 10.6. The molecule has 262 valence electrons. The Labute approximate surface area is 322 Å². The van der Waals surface area contributed by atoms with Crippen LogP contribution in [0.3, 0.4) is 0 Å². The van der Waals surface area contributed by atoms with E-state index in [0.717, 1.165) is 100 Å². The van der Waals surface area contributed by atoms with Crippen molar-refractivity contribution in [2.75, 3.05) is 0 Å². The fraction of sp³-hybridized carbons (Fsp3) is 0. The molecule has 0 aliphatic rings. The molecule has 0 fully saturated rings. The molecular formula is C51H32N4O. The van der Waals surface area contributed by atoms with Crippen molar-refractivity contribution in [3.8, 4) is 62.0 Å². The molecule has 0 N–H and O–H groups in total. The molecule has 0 saturated heterocycles. The highest BCUT2D eigenvalue weighted by atomic mass is 16.3. The maximum Gasteiger partial charge on any atom is 0.213 e. The molecule has 5 nitrogen and oxygen atoms in total. The highest BCUT2D eigenvalue weighted by Crippen LogP contribution is 2.44. The van der Waals surface area contributed by atoms with Gasteiger partial charge < -0.3 is 4.42 Å². The van der Waals surface area contributed by atoms with E-state index in [2.05, 4.69) is 138 Å². The van der Waals surface area contributed by atoms with Crippen LogP contribution in [0.2, 0.25) is 0 Å². The average molecular weight is 717 g/mol. The van der Waals surface area contributed by atoms with Gasteiger partial charge in [-0.3, -0.25) is 4.57 Å². The number of hydrogen-bond acceptors (Lipinski definition) is 4. The summed E-state index contributed by atoms with van der Waals surface area (Å²) in [5, 5.41) is 4.40. The Balaban J connectivity index is 1.04. The quantitative estimate of drug-likeness (QED) is 0.172. The van der Waals surface area contributed by atoms with Crippen molar-refractivity contribution in [3.05, 3.63) is 194 Å². The summed E-state index contributed by atoms with van der Waals surface area (Å²) in [6.07, 6.45) is 0. The summed E-state index contributed by atoms with van der Waals surface area (Å²) in [6.45, 7) is 0. The molecule has 0 unspecified atom stereocenters. The van der Waals surface area contributed by atoms with E-state index in [4.69, 9.17) is 19.4 Å². The summed E-state index contributed by atoms with van der Waals surface area (Å²) in [4.78, 5) is 15.2. The molecule has 0 amide bonds. The number of para-hydroxylation sites is 2. The van der Waals surface area contributed by atoms with Gasteiger partial charge in [0.25, 0.3) is 0 Å². The minimum absolute atomic E-state index is 0.701. The predicted octanol–water partition coefficient (Wildman–Crippen LogP) is 13.2. The first-order valence-corrected chi connectivity index (χ1v) is 18.8. The van der Waals surface area contributed by atoms with Crippen LogP contribution in [0.15, 0.2) is 199 Å². The highest BCUT2D eigenvalue weighted by molar-refractivity contribution is 6.28. The van der Waals surface area contributed by atoms with Crippen LogP contribution in [0.5, 0.6) is 0 Å². The summed E-state index contributed by atoms with van der Waals surface area (Å²) < 4.78 is 9.21. The first-order chi connectivity index (χ1) is 27.8. The second-order valence-corrected chi connectivity index (χ2v) is 14.0. The van der Waals surface area contributed by atoms with E-state index in [9.17, 15) is 0 Å². The standard InChI is InChI=1S/C51H32N4O/c1-4-15-34(16-5-1)43-32-44(54-50(53-43)36-19-8-3-9-20-36)38-22-14-21-37(31-38)33-27-29-39(30-28-33)55-45-26-13-11-24-41(45)47-46-40-23-10-12-25-42(40)52-48(49(46)56-51(47)55)35-17-6-2-7-18-35/h1-32H. The van der Waals surface area contributed by atoms with E-state index in [1.165, 1.54) is 0 Å². The smallest absolute Gasteiger partial charge is 0.213 e. The Kier molecular flexibility index (Phi) is 7.42. The molecule has 0 saturated carbocycles. The van der Waals surface area contributed by atoms with Crippen LogP contribution in [0, 0.1) is 0 Å². The Bertz CT molecular complexity index is 3160. The van der Waals surface area contributed by atoms with Crippen molar-refractivity contribution in [2.45, 2.75) is 0 Å². The fourth-order valence-electron chi connectivity index (χ4n) is 7.97. The molecule has 5 heteroatoms. The third-order valence-corrected chi connectivity index (χ3v) is 10.6. The number of hydrogen-bond donors (Lipinski definition) is 0. The molecule has 11 aromatic rings. The molecule has 0 atom stereocenters. The largest absolute Gasteiger partial charge is 0.437 e. The maximum absolute atomic E-state index is 6.97. The summed E-state index contributed by atoms with van der Waals surface area (Å²) in [6, 6.07) is 67.1. The first kappa shape index (κ1) is 31.9. The number of aromatic nitrogens is 4. The average Bonchev–Trinajstić information content (AvgIpc) is 3.82. The first-order valence-electron chi connectivity index (χ1n) is 18.8. The molecular weight excluding hydrogens is 685 g/mol. The van der Waals surface area contributed by atoms with Gasteiger partial charge in [-0.15, -0.1) is 0 Å². The van der Waals surface area contributed by atoms with Crippen LogP contribution >= 0.6 is 0 Å². The Morgan fingerprint density at radius 3 is 1.73 bits per heavy atom. The minimum atomic E-state index is 0.701. The van der Waals surface area contributed by atoms with E-state index in [0.29, 0.717) is 5.82 Å². The monoisotopic (exact) mass is 716 g/mol. The number of pyridine rings is 1. The molecule has 4 heterocycles. The summed E-state index contributed by atoms with van der Waals surface area (Å²) in [5.41, 5.74) is 13.6. The van der Waals surface area contributed by atoms with Gasteiger partial charge in [-0.2, -0.15) is 0 Å². The lowest BCUT2D eigenvalue weighted by atomic mass is 10.0.